The number of carbonyl (C=O) groups is 3. The van der Waals surface area contributed by atoms with Crippen LogP contribution in [0.2, 0.25) is 0 Å². The first kappa shape index (κ1) is 23.0. The number of anilines is 1. The third-order valence-corrected chi connectivity index (χ3v) is 5.67. The van der Waals surface area contributed by atoms with Crippen molar-refractivity contribution in [1.29, 1.82) is 0 Å². The number of hydrogen-bond donors (Lipinski definition) is 3. The quantitative estimate of drug-likeness (QED) is 0.469. The van der Waals surface area contributed by atoms with Crippen LogP contribution in [0.1, 0.15) is 40.7 Å². The Morgan fingerprint density at radius 3 is 2.21 bits per heavy atom. The second-order valence-corrected chi connectivity index (χ2v) is 8.12. The van der Waals surface area contributed by atoms with Crippen LogP contribution in [0.3, 0.4) is 0 Å². The highest BCUT2D eigenvalue weighted by molar-refractivity contribution is 5.95. The summed E-state index contributed by atoms with van der Waals surface area (Å²) in [6, 6.07) is 18.8. The maximum Gasteiger partial charge on any atom is 0.411 e. The average molecular weight is 462 g/mol. The number of halogens is 1. The lowest BCUT2D eigenvalue weighted by Crippen LogP contribution is -2.34. The van der Waals surface area contributed by atoms with Gasteiger partial charge < -0.3 is 15.2 Å². The molecule has 2 amide bonds. The van der Waals surface area contributed by atoms with Crippen LogP contribution in [-0.4, -0.2) is 35.7 Å². The van der Waals surface area contributed by atoms with Crippen molar-refractivity contribution < 1.29 is 28.6 Å². The molecule has 34 heavy (non-hydrogen) atoms. The second-order valence-electron chi connectivity index (χ2n) is 8.12. The zero-order chi connectivity index (χ0) is 24.2. The monoisotopic (exact) mass is 462 g/mol. The van der Waals surface area contributed by atoms with Crippen molar-refractivity contribution in [1.82, 2.24) is 5.32 Å². The highest BCUT2D eigenvalue weighted by Gasteiger charge is 2.29. The summed E-state index contributed by atoms with van der Waals surface area (Å²) in [5, 5.41) is 13.6. The summed E-state index contributed by atoms with van der Waals surface area (Å²) in [7, 11) is 0. The Morgan fingerprint density at radius 1 is 1.00 bits per heavy atom. The zero-order valence-electron chi connectivity index (χ0n) is 18.4. The lowest BCUT2D eigenvalue weighted by molar-refractivity contribution is -0.137. The Balaban J connectivity index is 1.38. The fraction of sp³-hybridized carbons (Fsp3) is 0.192. The first-order chi connectivity index (χ1) is 16.3. The van der Waals surface area contributed by atoms with Gasteiger partial charge in [0, 0.05) is 17.5 Å². The summed E-state index contributed by atoms with van der Waals surface area (Å²) in [5.41, 5.74) is 4.21. The number of nitrogens with one attached hydrogen (secondary N) is 2. The molecular formula is C26H23FN2O5. The van der Waals surface area contributed by atoms with E-state index in [2.05, 4.69) is 10.6 Å². The van der Waals surface area contributed by atoms with Gasteiger partial charge in [0.1, 0.15) is 12.4 Å². The van der Waals surface area contributed by atoms with Crippen molar-refractivity contribution >= 4 is 23.7 Å². The number of benzene rings is 3. The van der Waals surface area contributed by atoms with Gasteiger partial charge in [-0.25, -0.2) is 9.18 Å². The molecule has 0 saturated carbocycles. The molecule has 174 valence electrons. The normalized spacial score (nSPS) is 12.9. The van der Waals surface area contributed by atoms with Crippen LogP contribution in [0.5, 0.6) is 0 Å². The SMILES string of the molecule is CC(CC(=O)O)NC(=O)c1ccc(NC(=O)OCC2c3ccccc3-c3ccccc32)c(F)c1. The number of carboxylic acid groups (broad SMARTS) is 1. The van der Waals surface area contributed by atoms with E-state index in [1.807, 2.05) is 48.5 Å². The Kier molecular flexibility index (Phi) is 6.58. The molecule has 0 aromatic heterocycles. The van der Waals surface area contributed by atoms with Gasteiger partial charge in [-0.15, -0.1) is 0 Å². The van der Waals surface area contributed by atoms with Gasteiger partial charge >= 0.3 is 12.1 Å². The summed E-state index contributed by atoms with van der Waals surface area (Å²) < 4.78 is 19.9. The first-order valence-electron chi connectivity index (χ1n) is 10.8. The molecule has 3 N–H and O–H groups in total. The second kappa shape index (κ2) is 9.74. The number of rotatable bonds is 7. The van der Waals surface area contributed by atoms with Crippen molar-refractivity contribution in [2.75, 3.05) is 11.9 Å². The predicted octanol–water partition coefficient (Wildman–Crippen LogP) is 4.78. The van der Waals surface area contributed by atoms with E-state index in [9.17, 15) is 18.8 Å². The molecule has 0 fully saturated rings. The van der Waals surface area contributed by atoms with E-state index in [4.69, 9.17) is 9.84 Å². The van der Waals surface area contributed by atoms with E-state index >= 15 is 0 Å². The summed E-state index contributed by atoms with van der Waals surface area (Å²) in [4.78, 5) is 35.3. The minimum Gasteiger partial charge on any atom is -0.481 e. The van der Waals surface area contributed by atoms with E-state index in [1.54, 1.807) is 0 Å². The third-order valence-electron chi connectivity index (χ3n) is 5.67. The highest BCUT2D eigenvalue weighted by Crippen LogP contribution is 2.44. The third kappa shape index (κ3) is 4.91. The molecule has 0 heterocycles. The number of fused-ring (bicyclic) bond motifs is 3. The van der Waals surface area contributed by atoms with Crippen LogP contribution >= 0.6 is 0 Å². The van der Waals surface area contributed by atoms with Gasteiger partial charge in [0.15, 0.2) is 0 Å². The number of ether oxygens (including phenoxy) is 1. The molecule has 1 unspecified atom stereocenters. The number of carbonyl (C=O) groups excluding carboxylic acids is 2. The van der Waals surface area contributed by atoms with Gasteiger partial charge in [-0.1, -0.05) is 48.5 Å². The molecule has 1 aliphatic rings. The van der Waals surface area contributed by atoms with E-state index < -0.39 is 29.8 Å². The van der Waals surface area contributed by atoms with Crippen molar-refractivity contribution in [3.8, 4) is 11.1 Å². The number of aliphatic carboxylic acids is 1. The molecule has 4 rings (SSSR count). The molecule has 0 bridgehead atoms. The van der Waals surface area contributed by atoms with Crippen molar-refractivity contribution in [3.05, 3.63) is 89.2 Å². The summed E-state index contributed by atoms with van der Waals surface area (Å²) >= 11 is 0. The van der Waals surface area contributed by atoms with Gasteiger partial charge in [0.05, 0.1) is 12.1 Å². The van der Waals surface area contributed by atoms with Gasteiger partial charge in [-0.3, -0.25) is 14.9 Å². The summed E-state index contributed by atoms with van der Waals surface area (Å²) in [6.45, 7) is 1.62. The molecule has 1 aliphatic carbocycles. The molecule has 1 atom stereocenters. The van der Waals surface area contributed by atoms with E-state index in [1.165, 1.54) is 19.1 Å². The Morgan fingerprint density at radius 2 is 1.62 bits per heavy atom. The molecule has 3 aromatic rings. The smallest absolute Gasteiger partial charge is 0.411 e. The van der Waals surface area contributed by atoms with Gasteiger partial charge in [-0.05, 0) is 47.4 Å². The molecule has 0 radical (unpaired) electrons. The predicted molar refractivity (Wildman–Crippen MR) is 124 cm³/mol. The highest BCUT2D eigenvalue weighted by atomic mass is 19.1. The molecule has 8 heteroatoms. The number of amides is 2. The minimum atomic E-state index is -1.05. The average Bonchev–Trinajstić information content (AvgIpc) is 3.12. The van der Waals surface area contributed by atoms with Crippen molar-refractivity contribution in [2.24, 2.45) is 0 Å². The fourth-order valence-corrected chi connectivity index (χ4v) is 4.12. The summed E-state index contributed by atoms with van der Waals surface area (Å²) in [6.07, 6.45) is -1.07. The molecule has 0 saturated heterocycles. The van der Waals surface area contributed by atoms with Crippen LogP contribution in [0.25, 0.3) is 11.1 Å². The van der Waals surface area contributed by atoms with Crippen LogP contribution in [0, 0.1) is 5.82 Å². The molecule has 7 nitrogen and oxygen atoms in total. The van der Waals surface area contributed by atoms with Crippen LogP contribution in [-0.2, 0) is 9.53 Å². The van der Waals surface area contributed by atoms with E-state index in [0.717, 1.165) is 28.3 Å². The lowest BCUT2D eigenvalue weighted by Gasteiger charge is -2.15. The van der Waals surface area contributed by atoms with Crippen molar-refractivity contribution in [2.45, 2.75) is 25.3 Å². The minimum absolute atomic E-state index is 0.00725. The van der Waals surface area contributed by atoms with Crippen LogP contribution in [0.15, 0.2) is 66.7 Å². The van der Waals surface area contributed by atoms with Crippen LogP contribution in [0.4, 0.5) is 14.9 Å². The molecule has 0 spiro atoms. The van der Waals surface area contributed by atoms with Gasteiger partial charge in [-0.2, -0.15) is 0 Å². The number of hydrogen-bond acceptors (Lipinski definition) is 4. The van der Waals surface area contributed by atoms with E-state index in [-0.39, 0.29) is 30.2 Å². The van der Waals surface area contributed by atoms with Gasteiger partial charge in [0.25, 0.3) is 5.91 Å². The molecular weight excluding hydrogens is 439 g/mol. The lowest BCUT2D eigenvalue weighted by atomic mass is 9.98. The van der Waals surface area contributed by atoms with Crippen molar-refractivity contribution in [3.63, 3.8) is 0 Å². The Bertz CT molecular complexity index is 1210. The topological polar surface area (TPSA) is 105 Å². The molecule has 3 aromatic carbocycles. The summed E-state index contributed by atoms with van der Waals surface area (Å²) in [5.74, 6) is -2.60. The molecule has 0 aliphatic heterocycles. The first-order valence-corrected chi connectivity index (χ1v) is 10.8. The maximum atomic E-state index is 14.5. The Hall–Kier alpha value is -4.20. The standard InChI is InChI=1S/C26H23FN2O5/c1-15(12-24(30)31)28-25(32)16-10-11-23(22(27)13-16)29-26(33)34-14-21-19-8-4-2-6-17(19)18-7-3-5-9-20(18)21/h2-11,13,15,21H,12,14H2,1H3,(H,28,32)(H,29,33)(H,30,31). The van der Waals surface area contributed by atoms with Gasteiger partial charge in [0.2, 0.25) is 0 Å². The Labute approximate surface area is 195 Å². The zero-order valence-corrected chi connectivity index (χ0v) is 18.4. The number of carboxylic acids is 1. The maximum absolute atomic E-state index is 14.5. The van der Waals surface area contributed by atoms with Crippen LogP contribution < -0.4 is 10.6 Å². The fourth-order valence-electron chi connectivity index (χ4n) is 4.12. The van der Waals surface area contributed by atoms with E-state index in [0.29, 0.717) is 0 Å². The largest absolute Gasteiger partial charge is 0.481 e.